The molecule has 1 aromatic carbocycles. The molecule has 0 bridgehead atoms. The molecule has 0 aliphatic rings. The van der Waals surface area contributed by atoms with Gasteiger partial charge in [-0.1, -0.05) is 17.7 Å². The van der Waals surface area contributed by atoms with Crippen molar-refractivity contribution in [2.24, 2.45) is 0 Å². The van der Waals surface area contributed by atoms with Crippen LogP contribution in [-0.2, 0) is 4.74 Å². The van der Waals surface area contributed by atoms with Gasteiger partial charge in [-0.2, -0.15) is 0 Å². The highest BCUT2D eigenvalue weighted by atomic mass is 35.5. The molecule has 1 heterocycles. The third-order valence-corrected chi connectivity index (χ3v) is 3.28. The Balaban J connectivity index is 2.15. The number of ether oxygens (including phenoxy) is 1. The minimum absolute atomic E-state index is 0.178. The number of hydrogen-bond acceptors (Lipinski definition) is 6. The van der Waals surface area contributed by atoms with E-state index in [1.165, 1.54) is 13.2 Å². The van der Waals surface area contributed by atoms with Crippen LogP contribution >= 0.6 is 11.6 Å². The number of rotatable bonds is 6. The summed E-state index contributed by atoms with van der Waals surface area (Å²) >= 11 is 6.10. The molecule has 0 atom stereocenters. The molecular weight excluding hydrogens is 332 g/mol. The highest BCUT2D eigenvalue weighted by molar-refractivity contribution is 6.33. The summed E-state index contributed by atoms with van der Waals surface area (Å²) in [5.74, 6) is -0.450. The molecular formula is C16H15ClN4O3. The Hall–Kier alpha value is -2.93. The summed E-state index contributed by atoms with van der Waals surface area (Å²) in [6.45, 7) is 3.86. The van der Waals surface area contributed by atoms with Crippen molar-refractivity contribution >= 4 is 35.0 Å². The zero-order valence-electron chi connectivity index (χ0n) is 12.9. The first kappa shape index (κ1) is 17.4. The number of nitrogens with zero attached hydrogens (tertiary/aromatic N) is 2. The van der Waals surface area contributed by atoms with Gasteiger partial charge in [-0.3, -0.25) is 4.79 Å². The first-order valence-electron chi connectivity index (χ1n) is 6.93. The molecule has 2 N–H and O–H groups in total. The van der Waals surface area contributed by atoms with Gasteiger partial charge in [0.2, 0.25) is 0 Å². The normalized spacial score (nSPS) is 9.92. The quantitative estimate of drug-likeness (QED) is 0.617. The van der Waals surface area contributed by atoms with Crippen LogP contribution in [0.1, 0.15) is 20.8 Å². The van der Waals surface area contributed by atoms with Gasteiger partial charge in [0.05, 0.1) is 23.4 Å². The van der Waals surface area contributed by atoms with Gasteiger partial charge in [0.15, 0.2) is 11.5 Å². The van der Waals surface area contributed by atoms with Gasteiger partial charge in [0, 0.05) is 6.54 Å². The summed E-state index contributed by atoms with van der Waals surface area (Å²) in [5.41, 5.74) is 0.993. The van der Waals surface area contributed by atoms with E-state index in [4.69, 9.17) is 11.6 Å². The molecule has 8 heteroatoms. The zero-order chi connectivity index (χ0) is 17.5. The fraction of sp³-hybridized carbons (Fsp3) is 0.125. The van der Waals surface area contributed by atoms with Crippen molar-refractivity contribution in [2.75, 3.05) is 19.0 Å². The number of esters is 1. The SMILES string of the molecule is C=CCNC(=O)c1ccc(Nc2cc(C(=O)OC)ccc2Cl)nn1. The maximum atomic E-state index is 11.7. The summed E-state index contributed by atoms with van der Waals surface area (Å²) in [7, 11) is 1.30. The van der Waals surface area contributed by atoms with Crippen molar-refractivity contribution in [3.05, 3.63) is 59.3 Å². The molecule has 2 rings (SSSR count). The summed E-state index contributed by atoms with van der Waals surface area (Å²) in [5, 5.41) is 13.7. The lowest BCUT2D eigenvalue weighted by atomic mass is 10.2. The predicted molar refractivity (Wildman–Crippen MR) is 90.6 cm³/mol. The highest BCUT2D eigenvalue weighted by Crippen LogP contribution is 2.26. The molecule has 2 aromatic rings. The molecule has 0 radical (unpaired) electrons. The smallest absolute Gasteiger partial charge is 0.337 e. The van der Waals surface area contributed by atoms with E-state index >= 15 is 0 Å². The number of methoxy groups -OCH3 is 1. The van der Waals surface area contributed by atoms with Gasteiger partial charge in [0.25, 0.3) is 5.91 Å². The van der Waals surface area contributed by atoms with Crippen molar-refractivity contribution in [3.63, 3.8) is 0 Å². The number of nitrogens with one attached hydrogen (secondary N) is 2. The number of benzene rings is 1. The Morgan fingerprint density at radius 3 is 2.71 bits per heavy atom. The van der Waals surface area contributed by atoms with E-state index in [1.54, 1.807) is 30.3 Å². The summed E-state index contributed by atoms with van der Waals surface area (Å²) < 4.78 is 4.67. The number of amides is 1. The molecule has 0 spiro atoms. The average molecular weight is 347 g/mol. The van der Waals surface area contributed by atoms with Gasteiger partial charge in [-0.25, -0.2) is 4.79 Å². The minimum atomic E-state index is -0.477. The van der Waals surface area contributed by atoms with E-state index in [0.29, 0.717) is 28.6 Å². The van der Waals surface area contributed by atoms with Gasteiger partial charge in [-0.15, -0.1) is 16.8 Å². The van der Waals surface area contributed by atoms with Crippen LogP contribution in [0.3, 0.4) is 0 Å². The molecule has 0 aliphatic carbocycles. The van der Waals surface area contributed by atoms with E-state index in [1.807, 2.05) is 0 Å². The molecule has 124 valence electrons. The Labute approximate surface area is 143 Å². The van der Waals surface area contributed by atoms with Crippen LogP contribution in [0, 0.1) is 0 Å². The predicted octanol–water partition coefficient (Wildman–Crippen LogP) is 2.58. The minimum Gasteiger partial charge on any atom is -0.465 e. The molecule has 0 saturated heterocycles. The summed E-state index contributed by atoms with van der Waals surface area (Å²) in [4.78, 5) is 23.3. The van der Waals surface area contributed by atoms with Crippen LogP contribution in [0.25, 0.3) is 0 Å². The van der Waals surface area contributed by atoms with Crippen LogP contribution < -0.4 is 10.6 Å². The van der Waals surface area contributed by atoms with E-state index in [-0.39, 0.29) is 11.6 Å². The van der Waals surface area contributed by atoms with Gasteiger partial charge >= 0.3 is 5.97 Å². The molecule has 24 heavy (non-hydrogen) atoms. The maximum absolute atomic E-state index is 11.7. The molecule has 0 aliphatic heterocycles. The number of carbonyl (C=O) groups is 2. The highest BCUT2D eigenvalue weighted by Gasteiger charge is 2.11. The zero-order valence-corrected chi connectivity index (χ0v) is 13.6. The third-order valence-electron chi connectivity index (χ3n) is 2.95. The lowest BCUT2D eigenvalue weighted by molar-refractivity contribution is 0.0600. The second-order valence-corrected chi connectivity index (χ2v) is 5.02. The number of carbonyl (C=O) groups excluding carboxylic acids is 2. The van der Waals surface area contributed by atoms with Crippen molar-refractivity contribution in [1.82, 2.24) is 15.5 Å². The average Bonchev–Trinajstić information content (AvgIpc) is 2.61. The van der Waals surface area contributed by atoms with Gasteiger partial charge in [-0.05, 0) is 30.3 Å². The second kappa shape index (κ2) is 8.07. The van der Waals surface area contributed by atoms with Crippen molar-refractivity contribution in [1.29, 1.82) is 0 Å². The third kappa shape index (κ3) is 4.30. The van der Waals surface area contributed by atoms with Gasteiger partial charge in [0.1, 0.15) is 0 Å². The van der Waals surface area contributed by atoms with Crippen LogP contribution in [0.2, 0.25) is 5.02 Å². The summed E-state index contributed by atoms with van der Waals surface area (Å²) in [6, 6.07) is 7.77. The van der Waals surface area contributed by atoms with Crippen molar-refractivity contribution in [2.45, 2.75) is 0 Å². The van der Waals surface area contributed by atoms with Crippen molar-refractivity contribution < 1.29 is 14.3 Å². The number of halogens is 1. The monoisotopic (exact) mass is 346 g/mol. The lowest BCUT2D eigenvalue weighted by Crippen LogP contribution is -2.24. The van der Waals surface area contributed by atoms with Crippen LogP contribution in [0.5, 0.6) is 0 Å². The van der Waals surface area contributed by atoms with E-state index in [2.05, 4.69) is 32.1 Å². The van der Waals surface area contributed by atoms with Crippen LogP contribution in [0.4, 0.5) is 11.5 Å². The topological polar surface area (TPSA) is 93.2 Å². The van der Waals surface area contributed by atoms with E-state index in [9.17, 15) is 9.59 Å². The lowest BCUT2D eigenvalue weighted by Gasteiger charge is -2.09. The van der Waals surface area contributed by atoms with E-state index in [0.717, 1.165) is 0 Å². The fourth-order valence-electron chi connectivity index (χ4n) is 1.78. The second-order valence-electron chi connectivity index (χ2n) is 4.61. The Bertz CT molecular complexity index is 762. The molecule has 1 aromatic heterocycles. The number of hydrogen-bond donors (Lipinski definition) is 2. The van der Waals surface area contributed by atoms with Crippen LogP contribution in [0.15, 0.2) is 43.0 Å². The van der Waals surface area contributed by atoms with Crippen molar-refractivity contribution in [3.8, 4) is 0 Å². The fourth-order valence-corrected chi connectivity index (χ4v) is 1.94. The number of aromatic nitrogens is 2. The molecule has 7 nitrogen and oxygen atoms in total. The van der Waals surface area contributed by atoms with E-state index < -0.39 is 5.97 Å². The largest absolute Gasteiger partial charge is 0.465 e. The molecule has 0 saturated carbocycles. The maximum Gasteiger partial charge on any atom is 0.337 e. The first-order chi connectivity index (χ1) is 11.5. The Morgan fingerprint density at radius 1 is 1.29 bits per heavy atom. The molecule has 0 fully saturated rings. The first-order valence-corrected chi connectivity index (χ1v) is 7.30. The summed E-state index contributed by atoms with van der Waals surface area (Å²) in [6.07, 6.45) is 1.57. The van der Waals surface area contributed by atoms with Gasteiger partial charge < -0.3 is 15.4 Å². The number of anilines is 2. The van der Waals surface area contributed by atoms with Crippen LogP contribution in [-0.4, -0.2) is 35.7 Å². The Kier molecular flexibility index (Phi) is 5.86. The molecule has 0 unspecified atom stereocenters. The molecule has 1 amide bonds. The standard InChI is InChI=1S/C16H15ClN4O3/c1-3-8-18-15(22)12-6-7-14(21-20-12)19-13-9-10(16(23)24-2)4-5-11(13)17/h3-7,9H,1,8H2,2H3,(H,18,22)(H,19,21). The Morgan fingerprint density at radius 2 is 2.08 bits per heavy atom.